The van der Waals surface area contributed by atoms with Crippen molar-refractivity contribution in [3.63, 3.8) is 0 Å². The first-order valence-electron chi connectivity index (χ1n) is 10.4. The Bertz CT molecular complexity index is 953. The highest BCUT2D eigenvalue weighted by Gasteiger charge is 2.20. The second-order valence-electron chi connectivity index (χ2n) is 8.16. The number of likely N-dealkylation sites (tertiary alicyclic amines) is 1. The molecule has 0 unspecified atom stereocenters. The number of pyridine rings is 1. The fourth-order valence-corrected chi connectivity index (χ4v) is 4.18. The molecule has 1 N–H and O–H groups in total. The van der Waals surface area contributed by atoms with E-state index in [-0.39, 0.29) is 0 Å². The van der Waals surface area contributed by atoms with Gasteiger partial charge in [-0.05, 0) is 68.4 Å². The van der Waals surface area contributed by atoms with Crippen LogP contribution in [0.5, 0.6) is 0 Å². The van der Waals surface area contributed by atoms with Gasteiger partial charge >= 0.3 is 0 Å². The number of carbonyl (C=O) groups excluding carboxylic acids is 1. The molecule has 3 aromatic rings. The lowest BCUT2D eigenvalue weighted by Crippen LogP contribution is -2.37. The number of carbonyl (C=O) groups is 1. The Balaban J connectivity index is 1.52. The van der Waals surface area contributed by atoms with E-state index in [0.717, 1.165) is 61.6 Å². The summed E-state index contributed by atoms with van der Waals surface area (Å²) in [5, 5.41) is 1.25. The maximum atomic E-state index is 12.6. The molecule has 0 spiro atoms. The third-order valence-electron chi connectivity index (χ3n) is 5.94. The zero-order chi connectivity index (χ0) is 19.5. The molecular formula is C24H29N3O. The van der Waals surface area contributed by atoms with Gasteiger partial charge in [-0.25, -0.2) is 0 Å². The zero-order valence-corrected chi connectivity index (χ0v) is 16.9. The van der Waals surface area contributed by atoms with Crippen molar-refractivity contribution in [1.29, 1.82) is 0 Å². The van der Waals surface area contributed by atoms with Gasteiger partial charge in [0.1, 0.15) is 0 Å². The Morgan fingerprint density at radius 1 is 1.21 bits per heavy atom. The highest BCUT2D eigenvalue weighted by molar-refractivity contribution is 5.90. The largest absolute Gasteiger partial charge is 0.353 e. The van der Waals surface area contributed by atoms with Gasteiger partial charge in [0.05, 0.1) is 11.4 Å². The number of piperidine rings is 1. The Hall–Kier alpha value is -2.62. The monoisotopic (exact) mass is 375 g/mol. The molecule has 0 radical (unpaired) electrons. The Labute approximate surface area is 167 Å². The Kier molecular flexibility index (Phi) is 5.47. The maximum Gasteiger partial charge on any atom is 0.222 e. The van der Waals surface area contributed by atoms with Crippen LogP contribution in [0.1, 0.15) is 43.7 Å². The van der Waals surface area contributed by atoms with Crippen molar-refractivity contribution in [3.8, 4) is 11.4 Å². The highest BCUT2D eigenvalue weighted by atomic mass is 16.2. The van der Waals surface area contributed by atoms with Crippen molar-refractivity contribution in [3.05, 3.63) is 53.7 Å². The SMILES string of the molecule is Cc1ccc2[nH]c(-c3ccccn3)c(CCCC(=O)N3CCC(C)CC3)c2c1. The van der Waals surface area contributed by atoms with Gasteiger partial charge in [0.15, 0.2) is 0 Å². The fourth-order valence-electron chi connectivity index (χ4n) is 4.18. The summed E-state index contributed by atoms with van der Waals surface area (Å²) >= 11 is 0. The molecule has 1 aliphatic heterocycles. The molecule has 146 valence electrons. The van der Waals surface area contributed by atoms with E-state index in [9.17, 15) is 4.79 Å². The normalized spacial score (nSPS) is 15.3. The van der Waals surface area contributed by atoms with Crippen molar-refractivity contribution in [2.24, 2.45) is 5.92 Å². The predicted molar refractivity (Wildman–Crippen MR) is 114 cm³/mol. The summed E-state index contributed by atoms with van der Waals surface area (Å²) < 4.78 is 0. The van der Waals surface area contributed by atoms with Crippen LogP contribution in [0.2, 0.25) is 0 Å². The highest BCUT2D eigenvalue weighted by Crippen LogP contribution is 2.31. The molecule has 3 heterocycles. The second kappa shape index (κ2) is 8.17. The molecule has 4 nitrogen and oxygen atoms in total. The lowest BCUT2D eigenvalue weighted by molar-refractivity contribution is -0.132. The van der Waals surface area contributed by atoms with Crippen LogP contribution in [0.25, 0.3) is 22.3 Å². The van der Waals surface area contributed by atoms with Gasteiger partial charge in [0.2, 0.25) is 5.91 Å². The molecule has 28 heavy (non-hydrogen) atoms. The topological polar surface area (TPSA) is 49.0 Å². The lowest BCUT2D eigenvalue weighted by atomic mass is 9.98. The first-order chi connectivity index (χ1) is 13.6. The van der Waals surface area contributed by atoms with E-state index in [1.165, 1.54) is 16.5 Å². The van der Waals surface area contributed by atoms with Crippen LogP contribution in [0.4, 0.5) is 0 Å². The number of aromatic amines is 1. The molecule has 1 aliphatic rings. The number of hydrogen-bond donors (Lipinski definition) is 1. The van der Waals surface area contributed by atoms with Gasteiger partial charge in [-0.2, -0.15) is 0 Å². The number of fused-ring (bicyclic) bond motifs is 1. The number of amides is 1. The number of H-pyrrole nitrogens is 1. The molecule has 0 bridgehead atoms. The third-order valence-corrected chi connectivity index (χ3v) is 5.94. The minimum Gasteiger partial charge on any atom is -0.353 e. The van der Waals surface area contributed by atoms with Crippen LogP contribution in [-0.2, 0) is 11.2 Å². The van der Waals surface area contributed by atoms with Crippen LogP contribution >= 0.6 is 0 Å². The lowest BCUT2D eigenvalue weighted by Gasteiger charge is -2.30. The quantitative estimate of drug-likeness (QED) is 0.673. The number of aryl methyl sites for hydroxylation is 2. The second-order valence-corrected chi connectivity index (χ2v) is 8.16. The molecule has 0 saturated carbocycles. The molecule has 1 saturated heterocycles. The number of nitrogens with zero attached hydrogens (tertiary/aromatic N) is 2. The molecule has 0 atom stereocenters. The summed E-state index contributed by atoms with van der Waals surface area (Å²) in [4.78, 5) is 22.8. The molecule has 4 heteroatoms. The first kappa shape index (κ1) is 18.7. The van der Waals surface area contributed by atoms with Crippen LogP contribution in [0.3, 0.4) is 0 Å². The van der Waals surface area contributed by atoms with E-state index in [1.807, 2.05) is 24.4 Å². The summed E-state index contributed by atoms with van der Waals surface area (Å²) in [6.45, 7) is 6.24. The van der Waals surface area contributed by atoms with Crippen LogP contribution in [0.15, 0.2) is 42.6 Å². The van der Waals surface area contributed by atoms with E-state index >= 15 is 0 Å². The van der Waals surface area contributed by atoms with Gasteiger partial charge in [-0.3, -0.25) is 9.78 Å². The Morgan fingerprint density at radius 2 is 2.04 bits per heavy atom. The van der Waals surface area contributed by atoms with Crippen LogP contribution in [0, 0.1) is 12.8 Å². The molecule has 1 aromatic carbocycles. The van der Waals surface area contributed by atoms with Gasteiger partial charge < -0.3 is 9.88 Å². The van der Waals surface area contributed by atoms with Gasteiger partial charge in [0, 0.05) is 36.6 Å². The third kappa shape index (κ3) is 3.96. The summed E-state index contributed by atoms with van der Waals surface area (Å²) in [7, 11) is 0. The number of aromatic nitrogens is 2. The molecule has 1 amide bonds. The summed E-state index contributed by atoms with van der Waals surface area (Å²) in [5.74, 6) is 1.06. The van der Waals surface area contributed by atoms with Crippen molar-refractivity contribution < 1.29 is 4.79 Å². The summed E-state index contributed by atoms with van der Waals surface area (Å²) in [6, 6.07) is 12.5. The van der Waals surface area contributed by atoms with Gasteiger partial charge in [-0.1, -0.05) is 24.6 Å². The van der Waals surface area contributed by atoms with Crippen LogP contribution in [-0.4, -0.2) is 33.9 Å². The Morgan fingerprint density at radius 3 is 2.79 bits per heavy atom. The standard InChI is InChI=1S/C24H29N3O/c1-17-11-14-27(15-12-17)23(28)8-5-6-19-20-16-18(2)9-10-21(20)26-24(19)22-7-3-4-13-25-22/h3-4,7,9-10,13,16-17,26H,5-6,8,11-12,14-15H2,1-2H3. The molecular weight excluding hydrogens is 346 g/mol. The van der Waals surface area contributed by atoms with E-state index in [4.69, 9.17) is 0 Å². The number of nitrogens with one attached hydrogen (secondary N) is 1. The summed E-state index contributed by atoms with van der Waals surface area (Å²) in [5.41, 5.74) is 5.71. The maximum absolute atomic E-state index is 12.6. The van der Waals surface area contributed by atoms with Gasteiger partial charge in [0.25, 0.3) is 0 Å². The molecule has 1 fully saturated rings. The van der Waals surface area contributed by atoms with E-state index in [1.54, 1.807) is 0 Å². The number of hydrogen-bond acceptors (Lipinski definition) is 2. The minimum absolute atomic E-state index is 0.308. The van der Waals surface area contributed by atoms with E-state index in [2.05, 4.69) is 46.9 Å². The van der Waals surface area contributed by atoms with Crippen molar-refractivity contribution in [2.75, 3.05) is 13.1 Å². The number of benzene rings is 1. The van der Waals surface area contributed by atoms with Crippen molar-refractivity contribution in [2.45, 2.75) is 46.0 Å². The van der Waals surface area contributed by atoms with Crippen molar-refractivity contribution >= 4 is 16.8 Å². The van der Waals surface area contributed by atoms with E-state index in [0.29, 0.717) is 12.3 Å². The van der Waals surface area contributed by atoms with Crippen molar-refractivity contribution in [1.82, 2.24) is 14.9 Å². The predicted octanol–water partition coefficient (Wildman–Crippen LogP) is 5.12. The molecule has 4 rings (SSSR count). The summed E-state index contributed by atoms with van der Waals surface area (Å²) in [6.07, 6.45) is 6.47. The van der Waals surface area contributed by atoms with Gasteiger partial charge in [-0.15, -0.1) is 0 Å². The number of rotatable bonds is 5. The van der Waals surface area contributed by atoms with Crippen LogP contribution < -0.4 is 0 Å². The zero-order valence-electron chi connectivity index (χ0n) is 16.9. The fraction of sp³-hybridized carbons (Fsp3) is 0.417. The smallest absolute Gasteiger partial charge is 0.222 e. The average molecular weight is 376 g/mol. The molecule has 0 aliphatic carbocycles. The van der Waals surface area contributed by atoms with E-state index < -0.39 is 0 Å². The minimum atomic E-state index is 0.308. The average Bonchev–Trinajstić information content (AvgIpc) is 3.07. The molecule has 2 aromatic heterocycles. The first-order valence-corrected chi connectivity index (χ1v) is 10.4.